The van der Waals surface area contributed by atoms with Crippen molar-refractivity contribution in [1.82, 2.24) is 25.0 Å². The molecule has 3 aromatic rings. The molecule has 8 nitrogen and oxygen atoms in total. The molecular weight excluding hydrogens is 332 g/mol. The van der Waals surface area contributed by atoms with Crippen molar-refractivity contribution in [3.8, 4) is 11.6 Å². The van der Waals surface area contributed by atoms with Crippen LogP contribution in [0.5, 0.6) is 0 Å². The van der Waals surface area contributed by atoms with Crippen LogP contribution in [-0.2, 0) is 0 Å². The number of carbonyl (C=O) groups excluding carboxylic acids is 1. The van der Waals surface area contributed by atoms with Crippen LogP contribution in [0.15, 0.2) is 47.2 Å². The molecule has 3 heterocycles. The van der Waals surface area contributed by atoms with Gasteiger partial charge in [-0.3, -0.25) is 4.79 Å². The molecule has 1 amide bonds. The molecule has 1 fully saturated rings. The second-order valence-corrected chi connectivity index (χ2v) is 6.38. The number of benzene rings is 1. The molecule has 132 valence electrons. The molecule has 2 aromatic heterocycles. The average molecular weight is 350 g/mol. The molecule has 0 unspecified atom stereocenters. The Morgan fingerprint density at radius 2 is 1.81 bits per heavy atom. The van der Waals surface area contributed by atoms with E-state index in [2.05, 4.69) is 20.1 Å². The second-order valence-electron chi connectivity index (χ2n) is 6.38. The van der Waals surface area contributed by atoms with Crippen molar-refractivity contribution >= 4 is 11.6 Å². The number of anilines is 1. The van der Waals surface area contributed by atoms with Crippen molar-refractivity contribution in [2.24, 2.45) is 0 Å². The van der Waals surface area contributed by atoms with Gasteiger partial charge in [-0.2, -0.15) is 4.98 Å². The van der Waals surface area contributed by atoms with E-state index in [1.165, 1.54) is 0 Å². The van der Waals surface area contributed by atoms with Crippen molar-refractivity contribution in [2.75, 3.05) is 32.1 Å². The molecule has 0 saturated carbocycles. The Balaban J connectivity index is 1.39. The fourth-order valence-electron chi connectivity index (χ4n) is 2.79. The Morgan fingerprint density at radius 3 is 2.46 bits per heavy atom. The summed E-state index contributed by atoms with van der Waals surface area (Å²) < 4.78 is 5.31. The van der Waals surface area contributed by atoms with E-state index in [0.717, 1.165) is 5.69 Å². The highest BCUT2D eigenvalue weighted by atomic mass is 16.5. The molecule has 1 aromatic carbocycles. The summed E-state index contributed by atoms with van der Waals surface area (Å²) >= 11 is 0. The van der Waals surface area contributed by atoms with Crippen LogP contribution in [0.25, 0.3) is 11.6 Å². The lowest BCUT2D eigenvalue weighted by Gasteiger charge is -2.37. The third kappa shape index (κ3) is 3.01. The summed E-state index contributed by atoms with van der Waals surface area (Å²) in [4.78, 5) is 28.9. The first kappa shape index (κ1) is 16.2. The van der Waals surface area contributed by atoms with E-state index in [9.17, 15) is 4.79 Å². The molecule has 26 heavy (non-hydrogen) atoms. The highest BCUT2D eigenvalue weighted by molar-refractivity contribution is 5.95. The van der Waals surface area contributed by atoms with Gasteiger partial charge in [0.2, 0.25) is 17.5 Å². The van der Waals surface area contributed by atoms with Crippen molar-refractivity contribution in [2.45, 2.75) is 5.92 Å². The summed E-state index contributed by atoms with van der Waals surface area (Å²) in [6, 6.07) is 9.30. The maximum Gasteiger partial charge on any atom is 0.253 e. The first-order valence-electron chi connectivity index (χ1n) is 8.29. The van der Waals surface area contributed by atoms with E-state index in [4.69, 9.17) is 4.52 Å². The molecule has 0 spiro atoms. The lowest BCUT2D eigenvalue weighted by Crippen LogP contribution is -2.48. The summed E-state index contributed by atoms with van der Waals surface area (Å²) in [5.41, 5.74) is 1.74. The van der Waals surface area contributed by atoms with Crippen LogP contribution in [0.3, 0.4) is 0 Å². The standard InChI is InChI=1S/C18H18N6O2/c1-23(2)14-6-4-12(5-7-14)18(25)24-10-13(11-24)17-21-16(22-26-17)15-19-8-3-9-20-15/h3-9,13H,10-11H2,1-2H3. The smallest absolute Gasteiger partial charge is 0.253 e. The van der Waals surface area contributed by atoms with Crippen LogP contribution >= 0.6 is 0 Å². The van der Waals surface area contributed by atoms with Crippen LogP contribution in [-0.4, -0.2) is 58.1 Å². The monoisotopic (exact) mass is 350 g/mol. The summed E-state index contributed by atoms with van der Waals surface area (Å²) in [5, 5.41) is 3.92. The Bertz CT molecular complexity index is 901. The van der Waals surface area contributed by atoms with Crippen LogP contribution in [0.1, 0.15) is 22.2 Å². The predicted molar refractivity (Wildman–Crippen MR) is 94.7 cm³/mol. The van der Waals surface area contributed by atoms with E-state index in [1.54, 1.807) is 23.4 Å². The highest BCUT2D eigenvalue weighted by Crippen LogP contribution is 2.28. The van der Waals surface area contributed by atoms with E-state index >= 15 is 0 Å². The average Bonchev–Trinajstić information content (AvgIpc) is 3.11. The summed E-state index contributed by atoms with van der Waals surface area (Å²) in [7, 11) is 3.94. The first-order valence-corrected chi connectivity index (χ1v) is 8.29. The number of carbonyl (C=O) groups is 1. The fourth-order valence-corrected chi connectivity index (χ4v) is 2.79. The summed E-state index contributed by atoms with van der Waals surface area (Å²) in [5.74, 6) is 1.36. The van der Waals surface area contributed by atoms with Crippen LogP contribution < -0.4 is 4.90 Å². The van der Waals surface area contributed by atoms with Gasteiger partial charge in [0.15, 0.2) is 0 Å². The van der Waals surface area contributed by atoms with E-state index in [1.807, 2.05) is 43.3 Å². The molecule has 0 aliphatic carbocycles. The minimum Gasteiger partial charge on any atom is -0.378 e. The van der Waals surface area contributed by atoms with Crippen molar-refractivity contribution < 1.29 is 9.32 Å². The Morgan fingerprint density at radius 1 is 1.12 bits per heavy atom. The van der Waals surface area contributed by atoms with E-state index < -0.39 is 0 Å². The van der Waals surface area contributed by atoms with Crippen LogP contribution in [0.2, 0.25) is 0 Å². The van der Waals surface area contributed by atoms with Gasteiger partial charge in [-0.15, -0.1) is 0 Å². The molecular formula is C18H18N6O2. The number of hydrogen-bond donors (Lipinski definition) is 0. The van der Waals surface area contributed by atoms with Gasteiger partial charge >= 0.3 is 0 Å². The number of amides is 1. The third-order valence-corrected chi connectivity index (χ3v) is 4.36. The van der Waals surface area contributed by atoms with Gasteiger partial charge in [0.1, 0.15) is 0 Å². The lowest BCUT2D eigenvalue weighted by molar-refractivity contribution is 0.0569. The topological polar surface area (TPSA) is 88.3 Å². The van der Waals surface area contributed by atoms with Gasteiger partial charge in [-0.05, 0) is 30.3 Å². The van der Waals surface area contributed by atoms with Gasteiger partial charge in [-0.1, -0.05) is 5.16 Å². The number of hydrogen-bond acceptors (Lipinski definition) is 7. The van der Waals surface area contributed by atoms with Crippen LogP contribution in [0.4, 0.5) is 5.69 Å². The summed E-state index contributed by atoms with van der Waals surface area (Å²) in [6.07, 6.45) is 3.26. The predicted octanol–water partition coefficient (Wildman–Crippen LogP) is 1.83. The van der Waals surface area contributed by atoms with Crippen molar-refractivity contribution in [3.63, 3.8) is 0 Å². The fraction of sp³-hybridized carbons (Fsp3) is 0.278. The zero-order chi connectivity index (χ0) is 18.1. The lowest BCUT2D eigenvalue weighted by atomic mass is 9.98. The van der Waals surface area contributed by atoms with Gasteiger partial charge < -0.3 is 14.3 Å². The van der Waals surface area contributed by atoms with Gasteiger partial charge in [0.05, 0.1) is 5.92 Å². The van der Waals surface area contributed by atoms with Gasteiger partial charge in [-0.25, -0.2) is 9.97 Å². The molecule has 0 atom stereocenters. The number of likely N-dealkylation sites (tertiary alicyclic amines) is 1. The SMILES string of the molecule is CN(C)c1ccc(C(=O)N2CC(c3nc(-c4ncccn4)no3)C2)cc1. The third-order valence-electron chi connectivity index (χ3n) is 4.36. The highest BCUT2D eigenvalue weighted by Gasteiger charge is 2.36. The minimum atomic E-state index is 0.0117. The Labute approximate surface area is 150 Å². The first-order chi connectivity index (χ1) is 12.6. The molecule has 0 radical (unpaired) electrons. The zero-order valence-corrected chi connectivity index (χ0v) is 14.5. The largest absolute Gasteiger partial charge is 0.378 e. The number of nitrogens with zero attached hydrogens (tertiary/aromatic N) is 6. The van der Waals surface area contributed by atoms with Crippen molar-refractivity contribution in [1.29, 1.82) is 0 Å². The number of aromatic nitrogens is 4. The Hall–Kier alpha value is -3.29. The maximum atomic E-state index is 12.5. The molecule has 1 saturated heterocycles. The van der Waals surface area contributed by atoms with Crippen molar-refractivity contribution in [3.05, 3.63) is 54.2 Å². The molecule has 1 aliphatic heterocycles. The van der Waals surface area contributed by atoms with E-state index in [0.29, 0.717) is 36.2 Å². The normalized spacial score (nSPS) is 14.2. The minimum absolute atomic E-state index is 0.0117. The quantitative estimate of drug-likeness (QED) is 0.709. The van der Waals surface area contributed by atoms with Crippen LogP contribution in [0, 0.1) is 0 Å². The second kappa shape index (κ2) is 6.55. The molecule has 0 bridgehead atoms. The molecule has 4 rings (SSSR count). The van der Waals surface area contributed by atoms with Gasteiger partial charge in [0.25, 0.3) is 5.91 Å². The molecule has 0 N–H and O–H groups in total. The summed E-state index contributed by atoms with van der Waals surface area (Å²) in [6.45, 7) is 1.12. The van der Waals surface area contributed by atoms with E-state index in [-0.39, 0.29) is 11.8 Å². The molecule has 8 heteroatoms. The number of rotatable bonds is 4. The zero-order valence-electron chi connectivity index (χ0n) is 14.5. The maximum absolute atomic E-state index is 12.5. The molecule has 1 aliphatic rings. The van der Waals surface area contributed by atoms with Gasteiger partial charge in [0, 0.05) is 50.8 Å². The Kier molecular flexibility index (Phi) is 4.08.